The zero-order valence-electron chi connectivity index (χ0n) is 22.2. The number of nitriles is 1. The third-order valence-electron chi connectivity index (χ3n) is 7.90. The molecule has 1 atom stereocenters. The SMILES string of the molecule is CCCCCCCCC1(C#N)CCC(c2ccc(OCCC(C)CCCC(C)C)cc2)CC1. The van der Waals surface area contributed by atoms with Crippen molar-refractivity contribution < 1.29 is 4.74 Å². The van der Waals surface area contributed by atoms with E-state index in [1.54, 1.807) is 0 Å². The molecule has 0 radical (unpaired) electrons. The quantitative estimate of drug-likeness (QED) is 0.233. The molecule has 0 bridgehead atoms. The van der Waals surface area contributed by atoms with Crippen molar-refractivity contribution >= 4 is 0 Å². The van der Waals surface area contributed by atoms with Crippen molar-refractivity contribution in [2.75, 3.05) is 6.61 Å². The number of ether oxygens (including phenoxy) is 1. The van der Waals surface area contributed by atoms with Crippen LogP contribution in [0.25, 0.3) is 0 Å². The van der Waals surface area contributed by atoms with E-state index in [2.05, 4.69) is 58.0 Å². The van der Waals surface area contributed by atoms with Crippen molar-refractivity contribution in [3.8, 4) is 11.8 Å². The van der Waals surface area contributed by atoms with Gasteiger partial charge in [0.05, 0.1) is 18.1 Å². The van der Waals surface area contributed by atoms with Gasteiger partial charge in [-0.15, -0.1) is 0 Å². The number of hydrogen-bond acceptors (Lipinski definition) is 2. The van der Waals surface area contributed by atoms with Crippen LogP contribution in [0.3, 0.4) is 0 Å². The van der Waals surface area contributed by atoms with Gasteiger partial charge in [0, 0.05) is 0 Å². The highest BCUT2D eigenvalue weighted by atomic mass is 16.5. The zero-order chi connectivity index (χ0) is 23.9. The Morgan fingerprint density at radius 3 is 2.21 bits per heavy atom. The highest BCUT2D eigenvalue weighted by Gasteiger charge is 2.35. The fourth-order valence-electron chi connectivity index (χ4n) is 5.40. The lowest BCUT2D eigenvalue weighted by molar-refractivity contribution is 0.222. The van der Waals surface area contributed by atoms with E-state index in [9.17, 15) is 5.26 Å². The summed E-state index contributed by atoms with van der Waals surface area (Å²) in [5, 5.41) is 9.90. The van der Waals surface area contributed by atoms with Crippen molar-refractivity contribution in [2.24, 2.45) is 17.3 Å². The molecule has 2 heteroatoms. The first-order valence-corrected chi connectivity index (χ1v) is 14.1. The fourth-order valence-corrected chi connectivity index (χ4v) is 5.40. The third kappa shape index (κ3) is 10.5. The zero-order valence-corrected chi connectivity index (χ0v) is 22.2. The summed E-state index contributed by atoms with van der Waals surface area (Å²) in [7, 11) is 0. The minimum absolute atomic E-state index is 0.0594. The Bertz CT molecular complexity index is 663. The van der Waals surface area contributed by atoms with Gasteiger partial charge in [0.15, 0.2) is 0 Å². The van der Waals surface area contributed by atoms with E-state index in [-0.39, 0.29) is 5.41 Å². The highest BCUT2D eigenvalue weighted by molar-refractivity contribution is 5.30. The van der Waals surface area contributed by atoms with Crippen molar-refractivity contribution in [3.05, 3.63) is 29.8 Å². The molecule has 1 aliphatic carbocycles. The normalized spacial score (nSPS) is 21.6. The molecular formula is C31H51NO. The second kappa shape index (κ2) is 15.4. The number of nitrogens with zero attached hydrogens (tertiary/aromatic N) is 1. The summed E-state index contributed by atoms with van der Waals surface area (Å²) < 4.78 is 6.03. The summed E-state index contributed by atoms with van der Waals surface area (Å²) >= 11 is 0. The Kier molecular flexibility index (Phi) is 13.0. The number of unbranched alkanes of at least 4 members (excludes halogenated alkanes) is 5. The molecule has 0 aromatic heterocycles. The molecule has 186 valence electrons. The summed E-state index contributed by atoms with van der Waals surface area (Å²) in [5.41, 5.74) is 1.37. The largest absolute Gasteiger partial charge is 0.494 e. The topological polar surface area (TPSA) is 33.0 Å². The van der Waals surface area contributed by atoms with E-state index in [1.807, 2.05) is 0 Å². The second-order valence-electron chi connectivity index (χ2n) is 11.3. The molecular weight excluding hydrogens is 402 g/mol. The molecule has 1 unspecified atom stereocenters. The third-order valence-corrected chi connectivity index (χ3v) is 7.90. The van der Waals surface area contributed by atoms with E-state index in [0.717, 1.165) is 62.7 Å². The van der Waals surface area contributed by atoms with Gasteiger partial charge in [-0.2, -0.15) is 5.26 Å². The molecule has 1 aromatic carbocycles. The lowest BCUT2D eigenvalue weighted by Gasteiger charge is -2.35. The van der Waals surface area contributed by atoms with Crippen molar-refractivity contribution in [1.29, 1.82) is 5.26 Å². The van der Waals surface area contributed by atoms with Gasteiger partial charge in [0.1, 0.15) is 5.75 Å². The van der Waals surface area contributed by atoms with Crippen LogP contribution in [0.1, 0.15) is 135 Å². The Hall–Kier alpha value is -1.49. The fraction of sp³-hybridized carbons (Fsp3) is 0.774. The molecule has 1 fully saturated rings. The molecule has 1 saturated carbocycles. The van der Waals surface area contributed by atoms with Crippen molar-refractivity contribution in [2.45, 2.75) is 130 Å². The molecule has 1 aliphatic rings. The van der Waals surface area contributed by atoms with Crippen LogP contribution in [-0.2, 0) is 0 Å². The van der Waals surface area contributed by atoms with Crippen LogP contribution in [0.5, 0.6) is 5.75 Å². The Balaban J connectivity index is 1.69. The number of benzene rings is 1. The molecule has 33 heavy (non-hydrogen) atoms. The van der Waals surface area contributed by atoms with Gasteiger partial charge in [-0.1, -0.05) is 97.6 Å². The standard InChI is InChI=1S/C31H51NO/c1-5-6-7-8-9-10-21-31(25-32)22-18-29(19-23-31)28-14-16-30(17-15-28)33-24-20-27(4)13-11-12-26(2)3/h14-17,26-27,29H,5-13,18-24H2,1-4H3. The van der Waals surface area contributed by atoms with Gasteiger partial charge in [0.25, 0.3) is 0 Å². The number of rotatable bonds is 16. The molecule has 0 N–H and O–H groups in total. The van der Waals surface area contributed by atoms with Crippen molar-refractivity contribution in [1.82, 2.24) is 0 Å². The van der Waals surface area contributed by atoms with Crippen molar-refractivity contribution in [3.63, 3.8) is 0 Å². The van der Waals surface area contributed by atoms with E-state index in [0.29, 0.717) is 5.92 Å². The minimum atomic E-state index is -0.0594. The van der Waals surface area contributed by atoms with Crippen LogP contribution in [0.2, 0.25) is 0 Å². The van der Waals surface area contributed by atoms with E-state index < -0.39 is 0 Å². The summed E-state index contributed by atoms with van der Waals surface area (Å²) in [6, 6.07) is 11.6. The van der Waals surface area contributed by atoms with Gasteiger partial charge in [-0.25, -0.2) is 0 Å². The summed E-state index contributed by atoms with van der Waals surface area (Å²) in [5.74, 6) is 3.15. The molecule has 0 saturated heterocycles. The Morgan fingerprint density at radius 1 is 0.909 bits per heavy atom. The van der Waals surface area contributed by atoms with E-state index in [4.69, 9.17) is 4.74 Å². The van der Waals surface area contributed by atoms with Crippen LogP contribution in [0.4, 0.5) is 0 Å². The van der Waals surface area contributed by atoms with Crippen LogP contribution in [-0.4, -0.2) is 6.61 Å². The van der Waals surface area contributed by atoms with Gasteiger partial charge in [-0.05, 0) is 74.0 Å². The number of hydrogen-bond donors (Lipinski definition) is 0. The summed E-state index contributed by atoms with van der Waals surface area (Å²) in [4.78, 5) is 0. The first-order valence-electron chi connectivity index (χ1n) is 14.1. The predicted octanol–water partition coefficient (Wildman–Crippen LogP) is 9.84. The van der Waals surface area contributed by atoms with Gasteiger partial charge in [-0.3, -0.25) is 0 Å². The van der Waals surface area contributed by atoms with Crippen LogP contribution in [0, 0.1) is 28.6 Å². The first-order chi connectivity index (χ1) is 16.0. The molecule has 1 aromatic rings. The van der Waals surface area contributed by atoms with Crippen LogP contribution in [0.15, 0.2) is 24.3 Å². The average molecular weight is 454 g/mol. The molecule has 0 aliphatic heterocycles. The smallest absolute Gasteiger partial charge is 0.119 e. The molecule has 0 amide bonds. The van der Waals surface area contributed by atoms with Gasteiger partial charge < -0.3 is 4.74 Å². The van der Waals surface area contributed by atoms with Gasteiger partial charge in [0.2, 0.25) is 0 Å². The second-order valence-corrected chi connectivity index (χ2v) is 11.3. The first kappa shape index (κ1) is 27.8. The monoisotopic (exact) mass is 453 g/mol. The molecule has 2 nitrogen and oxygen atoms in total. The maximum absolute atomic E-state index is 9.90. The summed E-state index contributed by atoms with van der Waals surface area (Å²) in [6.07, 6.45) is 18.5. The average Bonchev–Trinajstić information content (AvgIpc) is 2.82. The lowest BCUT2D eigenvalue weighted by atomic mass is 9.67. The molecule has 2 rings (SSSR count). The Morgan fingerprint density at radius 2 is 1.58 bits per heavy atom. The minimum Gasteiger partial charge on any atom is -0.494 e. The van der Waals surface area contributed by atoms with E-state index in [1.165, 1.54) is 63.4 Å². The predicted molar refractivity (Wildman–Crippen MR) is 142 cm³/mol. The lowest BCUT2D eigenvalue weighted by Crippen LogP contribution is -2.25. The van der Waals surface area contributed by atoms with Crippen LogP contribution >= 0.6 is 0 Å². The van der Waals surface area contributed by atoms with E-state index >= 15 is 0 Å². The van der Waals surface area contributed by atoms with Crippen LogP contribution < -0.4 is 4.74 Å². The summed E-state index contributed by atoms with van der Waals surface area (Å²) in [6.45, 7) is 10.0. The molecule has 0 spiro atoms. The maximum Gasteiger partial charge on any atom is 0.119 e. The highest BCUT2D eigenvalue weighted by Crippen LogP contribution is 2.45. The molecule has 0 heterocycles. The van der Waals surface area contributed by atoms with Gasteiger partial charge >= 0.3 is 0 Å². The Labute approximate surface area is 205 Å². The maximum atomic E-state index is 9.90.